The molecule has 0 bridgehead atoms. The van der Waals surface area contributed by atoms with Gasteiger partial charge in [0.2, 0.25) is 0 Å². The van der Waals surface area contributed by atoms with Crippen LogP contribution in [0.3, 0.4) is 0 Å². The minimum absolute atomic E-state index is 0.182. The zero-order chi connectivity index (χ0) is 17.3. The van der Waals surface area contributed by atoms with Crippen molar-refractivity contribution in [2.45, 2.75) is 39.7 Å². The molecule has 0 spiro atoms. The van der Waals surface area contributed by atoms with Crippen LogP contribution < -0.4 is 15.8 Å². The zero-order valence-corrected chi connectivity index (χ0v) is 14.2. The van der Waals surface area contributed by atoms with Gasteiger partial charge in [0.25, 0.3) is 5.91 Å². The Labute approximate surface area is 137 Å². The molecule has 1 aliphatic heterocycles. The van der Waals surface area contributed by atoms with Crippen LogP contribution in [-0.2, 0) is 4.79 Å². The quantitative estimate of drug-likeness (QED) is 0.496. The Kier molecular flexibility index (Phi) is 4.54. The molecular weight excluding hydrogens is 294 g/mol. The largest absolute Gasteiger partial charge is 0.493 e. The number of nitrogen functional groups attached to an aromatic ring is 1. The van der Waals surface area contributed by atoms with Crippen LogP contribution in [0.15, 0.2) is 24.3 Å². The molecule has 1 aromatic rings. The lowest BCUT2D eigenvalue weighted by atomic mass is 9.75. The minimum atomic E-state index is -0.876. The number of nitrogens with one attached hydrogen (secondary N) is 1. The van der Waals surface area contributed by atoms with Crippen LogP contribution in [0.5, 0.6) is 5.75 Å². The summed E-state index contributed by atoms with van der Waals surface area (Å²) in [6, 6.07) is 6.83. The third kappa shape index (κ3) is 3.41. The summed E-state index contributed by atoms with van der Waals surface area (Å²) in [4.78, 5) is 25.9. The predicted molar refractivity (Wildman–Crippen MR) is 89.1 cm³/mol. The summed E-state index contributed by atoms with van der Waals surface area (Å²) in [5.41, 5.74) is 5.09. The van der Waals surface area contributed by atoms with Crippen LogP contribution in [0.2, 0.25) is 0 Å². The van der Waals surface area contributed by atoms with Crippen molar-refractivity contribution >= 4 is 17.6 Å². The van der Waals surface area contributed by atoms with Gasteiger partial charge in [-0.05, 0) is 30.9 Å². The summed E-state index contributed by atoms with van der Waals surface area (Å²) >= 11 is 0. The fourth-order valence-electron chi connectivity index (χ4n) is 2.43. The third-order valence-corrected chi connectivity index (χ3v) is 4.43. The van der Waals surface area contributed by atoms with Crippen molar-refractivity contribution in [3.8, 4) is 5.75 Å². The molecule has 0 saturated carbocycles. The Hall–Kier alpha value is -2.24. The first kappa shape index (κ1) is 17.1. The Balaban J connectivity index is 1.89. The highest BCUT2D eigenvalue weighted by Gasteiger charge is 2.54. The van der Waals surface area contributed by atoms with Gasteiger partial charge in [-0.3, -0.25) is 9.69 Å². The van der Waals surface area contributed by atoms with E-state index >= 15 is 0 Å². The number of urea groups is 1. The van der Waals surface area contributed by atoms with E-state index in [0.29, 0.717) is 31.0 Å². The monoisotopic (exact) mass is 319 g/mol. The lowest BCUT2D eigenvalue weighted by Gasteiger charge is -2.35. The number of carbonyl (C=O) groups excluding carboxylic acids is 2. The van der Waals surface area contributed by atoms with Crippen LogP contribution in [0.4, 0.5) is 10.5 Å². The molecule has 3 N–H and O–H groups in total. The lowest BCUT2D eigenvalue weighted by molar-refractivity contribution is -0.134. The fourth-order valence-corrected chi connectivity index (χ4v) is 2.43. The van der Waals surface area contributed by atoms with Gasteiger partial charge in [0, 0.05) is 18.3 Å². The summed E-state index contributed by atoms with van der Waals surface area (Å²) in [7, 11) is 0. The molecule has 1 aliphatic rings. The van der Waals surface area contributed by atoms with Gasteiger partial charge >= 0.3 is 6.03 Å². The highest BCUT2D eigenvalue weighted by Crippen LogP contribution is 2.35. The van der Waals surface area contributed by atoms with Crippen LogP contribution >= 0.6 is 0 Å². The van der Waals surface area contributed by atoms with E-state index in [1.807, 2.05) is 32.9 Å². The van der Waals surface area contributed by atoms with E-state index in [0.717, 1.165) is 0 Å². The smallest absolute Gasteiger partial charge is 0.325 e. The van der Waals surface area contributed by atoms with E-state index in [2.05, 4.69) is 5.32 Å². The number of hydrogen-bond donors (Lipinski definition) is 2. The van der Waals surface area contributed by atoms with Gasteiger partial charge in [0.05, 0.1) is 6.61 Å². The van der Waals surface area contributed by atoms with Crippen molar-refractivity contribution in [2.75, 3.05) is 18.9 Å². The number of rotatable bonds is 5. The molecule has 1 heterocycles. The number of imide groups is 1. The SMILES string of the molecule is CC(C)(C)C1(C)NC(=O)N(CCCOc2cccc(N)c2)C1=O. The van der Waals surface area contributed by atoms with Crippen LogP contribution in [0.25, 0.3) is 0 Å². The van der Waals surface area contributed by atoms with Crippen molar-refractivity contribution in [3.63, 3.8) is 0 Å². The van der Waals surface area contributed by atoms with Crippen molar-refractivity contribution in [1.29, 1.82) is 0 Å². The normalized spacial score (nSPS) is 21.5. The third-order valence-electron chi connectivity index (χ3n) is 4.43. The molecular formula is C17H25N3O3. The topological polar surface area (TPSA) is 84.7 Å². The Bertz CT molecular complexity index is 609. The number of carbonyl (C=O) groups is 2. The number of anilines is 1. The van der Waals surface area contributed by atoms with Crippen molar-refractivity contribution < 1.29 is 14.3 Å². The zero-order valence-electron chi connectivity index (χ0n) is 14.2. The second-order valence-electron chi connectivity index (χ2n) is 7.04. The van der Waals surface area contributed by atoms with Crippen molar-refractivity contribution in [1.82, 2.24) is 10.2 Å². The minimum Gasteiger partial charge on any atom is -0.493 e. The number of nitrogens with zero attached hydrogens (tertiary/aromatic N) is 1. The van der Waals surface area contributed by atoms with Gasteiger partial charge in [-0.15, -0.1) is 0 Å². The summed E-state index contributed by atoms with van der Waals surface area (Å²) in [5.74, 6) is 0.501. The summed E-state index contributed by atoms with van der Waals surface area (Å²) < 4.78 is 5.59. The first-order valence-electron chi connectivity index (χ1n) is 7.77. The van der Waals surface area contributed by atoms with Crippen molar-refractivity contribution in [3.05, 3.63) is 24.3 Å². The molecule has 0 radical (unpaired) electrons. The standard InChI is InChI=1S/C17H25N3O3/c1-16(2,3)17(4)14(21)20(15(22)19-17)9-6-10-23-13-8-5-7-12(18)11-13/h5,7-8,11H,6,9-10,18H2,1-4H3,(H,19,22). The van der Waals surface area contributed by atoms with E-state index in [9.17, 15) is 9.59 Å². The molecule has 1 aromatic carbocycles. The molecule has 1 atom stereocenters. The van der Waals surface area contributed by atoms with E-state index in [1.165, 1.54) is 4.90 Å². The van der Waals surface area contributed by atoms with E-state index < -0.39 is 5.54 Å². The lowest BCUT2D eigenvalue weighted by Crippen LogP contribution is -2.54. The maximum absolute atomic E-state index is 12.6. The Morgan fingerprint density at radius 1 is 1.30 bits per heavy atom. The average molecular weight is 319 g/mol. The number of benzene rings is 1. The maximum Gasteiger partial charge on any atom is 0.325 e. The maximum atomic E-state index is 12.6. The number of nitrogens with two attached hydrogens (primary N) is 1. The van der Waals surface area contributed by atoms with Gasteiger partial charge in [0.1, 0.15) is 11.3 Å². The van der Waals surface area contributed by atoms with Crippen LogP contribution in [0.1, 0.15) is 34.1 Å². The summed E-state index contributed by atoms with van der Waals surface area (Å²) in [6.07, 6.45) is 0.564. The highest BCUT2D eigenvalue weighted by atomic mass is 16.5. The molecule has 1 fully saturated rings. The molecule has 1 unspecified atom stereocenters. The van der Waals surface area contributed by atoms with Gasteiger partial charge in [0.15, 0.2) is 0 Å². The molecule has 0 aliphatic carbocycles. The molecule has 6 nitrogen and oxygen atoms in total. The molecule has 2 rings (SSSR count). The van der Waals surface area contributed by atoms with E-state index in [1.54, 1.807) is 19.1 Å². The summed E-state index contributed by atoms with van der Waals surface area (Å²) in [5, 5.41) is 2.82. The van der Waals surface area contributed by atoms with Crippen LogP contribution in [-0.4, -0.2) is 35.5 Å². The highest BCUT2D eigenvalue weighted by molar-refractivity contribution is 6.07. The molecule has 23 heavy (non-hydrogen) atoms. The predicted octanol–water partition coefficient (Wildman–Crippen LogP) is 2.39. The van der Waals surface area contributed by atoms with E-state index in [-0.39, 0.29) is 17.4 Å². The second-order valence-corrected chi connectivity index (χ2v) is 7.04. The number of ether oxygens (including phenoxy) is 1. The van der Waals surface area contributed by atoms with Gasteiger partial charge < -0.3 is 15.8 Å². The molecule has 3 amide bonds. The Morgan fingerprint density at radius 2 is 2.00 bits per heavy atom. The van der Waals surface area contributed by atoms with Gasteiger partial charge in [-0.25, -0.2) is 4.79 Å². The fraction of sp³-hybridized carbons (Fsp3) is 0.529. The van der Waals surface area contributed by atoms with E-state index in [4.69, 9.17) is 10.5 Å². The second kappa shape index (κ2) is 6.10. The first-order valence-corrected chi connectivity index (χ1v) is 7.77. The number of hydrogen-bond acceptors (Lipinski definition) is 4. The number of amides is 3. The first-order chi connectivity index (χ1) is 10.6. The van der Waals surface area contributed by atoms with Gasteiger partial charge in [-0.1, -0.05) is 26.8 Å². The summed E-state index contributed by atoms with van der Waals surface area (Å²) in [6.45, 7) is 8.34. The molecule has 126 valence electrons. The molecule has 1 saturated heterocycles. The molecule has 0 aromatic heterocycles. The van der Waals surface area contributed by atoms with Crippen molar-refractivity contribution in [2.24, 2.45) is 5.41 Å². The van der Waals surface area contributed by atoms with Gasteiger partial charge in [-0.2, -0.15) is 0 Å². The van der Waals surface area contributed by atoms with Crippen LogP contribution in [0, 0.1) is 5.41 Å². The Morgan fingerprint density at radius 3 is 2.57 bits per heavy atom. The molecule has 6 heteroatoms. The average Bonchev–Trinajstić information content (AvgIpc) is 2.67.